The van der Waals surface area contributed by atoms with Crippen molar-refractivity contribution in [1.82, 2.24) is 20.8 Å². The van der Waals surface area contributed by atoms with Gasteiger partial charge in [-0.1, -0.05) is 42.5 Å². The van der Waals surface area contributed by atoms with Crippen molar-refractivity contribution in [2.45, 2.75) is 19.1 Å². The first-order valence-corrected chi connectivity index (χ1v) is 10.4. The Morgan fingerprint density at radius 1 is 0.875 bits per heavy atom. The fourth-order valence-electron chi connectivity index (χ4n) is 3.12. The Morgan fingerprint density at radius 2 is 1.53 bits per heavy atom. The third-order valence-electron chi connectivity index (χ3n) is 4.85. The molecule has 1 heterocycles. The van der Waals surface area contributed by atoms with Crippen LogP contribution in [0.15, 0.2) is 73.1 Å². The van der Waals surface area contributed by atoms with Crippen molar-refractivity contribution < 1.29 is 19.4 Å². The Kier molecular flexibility index (Phi) is 8.42. The normalized spacial score (nSPS) is 12.6. The van der Waals surface area contributed by atoms with Gasteiger partial charge in [0.15, 0.2) is 0 Å². The standard InChI is InChI=1S/C24H26N4O4/c1-2-32-22(21(29)15-25-24(31)20-12-13-27-28-14-20)16-26-23(30)19-10-8-18(9-11-19)17-6-4-3-5-7-17/h3-14,21-22,29H,2,15-16H2,1H3,(H,25,31)(H,26,30)/t21-,22+/m0/s1. The maximum atomic E-state index is 12.5. The first-order valence-electron chi connectivity index (χ1n) is 10.4. The molecule has 3 rings (SSSR count). The zero-order valence-electron chi connectivity index (χ0n) is 17.8. The zero-order valence-corrected chi connectivity index (χ0v) is 17.8. The summed E-state index contributed by atoms with van der Waals surface area (Å²) in [6.45, 7) is 2.21. The van der Waals surface area contributed by atoms with Crippen LogP contribution < -0.4 is 10.6 Å². The van der Waals surface area contributed by atoms with Crippen LogP contribution in [0.4, 0.5) is 0 Å². The van der Waals surface area contributed by atoms with E-state index < -0.39 is 12.2 Å². The summed E-state index contributed by atoms with van der Waals surface area (Å²) < 4.78 is 5.57. The van der Waals surface area contributed by atoms with Crippen molar-refractivity contribution in [3.63, 3.8) is 0 Å². The van der Waals surface area contributed by atoms with E-state index >= 15 is 0 Å². The summed E-state index contributed by atoms with van der Waals surface area (Å²) in [5.41, 5.74) is 2.94. The first kappa shape index (κ1) is 23.1. The fraction of sp³-hybridized carbons (Fsp3) is 0.250. The summed E-state index contributed by atoms with van der Waals surface area (Å²) in [6.07, 6.45) is 1.07. The number of carbonyl (C=O) groups excluding carboxylic acids is 2. The van der Waals surface area contributed by atoms with Gasteiger partial charge in [0.25, 0.3) is 11.8 Å². The summed E-state index contributed by atoms with van der Waals surface area (Å²) in [5, 5.41) is 23.2. The van der Waals surface area contributed by atoms with Gasteiger partial charge in [0.1, 0.15) is 6.10 Å². The molecule has 8 heteroatoms. The van der Waals surface area contributed by atoms with Crippen molar-refractivity contribution in [1.29, 1.82) is 0 Å². The summed E-state index contributed by atoms with van der Waals surface area (Å²) in [6, 6.07) is 18.7. The van der Waals surface area contributed by atoms with E-state index in [1.807, 2.05) is 42.5 Å². The van der Waals surface area contributed by atoms with Crippen LogP contribution >= 0.6 is 0 Å². The Morgan fingerprint density at radius 3 is 2.19 bits per heavy atom. The van der Waals surface area contributed by atoms with Gasteiger partial charge in [-0.25, -0.2) is 0 Å². The molecule has 166 valence electrons. The molecule has 2 aromatic carbocycles. The summed E-state index contributed by atoms with van der Waals surface area (Å²) >= 11 is 0. The van der Waals surface area contributed by atoms with Crippen molar-refractivity contribution in [3.05, 3.63) is 84.2 Å². The van der Waals surface area contributed by atoms with Crippen molar-refractivity contribution in [3.8, 4) is 11.1 Å². The Hall–Kier alpha value is -3.62. The van der Waals surface area contributed by atoms with Crippen LogP contribution in [0, 0.1) is 0 Å². The number of amides is 2. The molecule has 1 aromatic heterocycles. The van der Waals surface area contributed by atoms with Crippen LogP contribution in [0.3, 0.4) is 0 Å². The molecule has 2 atom stereocenters. The molecular formula is C24H26N4O4. The Bertz CT molecular complexity index is 998. The Balaban J connectivity index is 1.52. The molecular weight excluding hydrogens is 408 g/mol. The number of aliphatic hydroxyl groups excluding tert-OH is 1. The zero-order chi connectivity index (χ0) is 22.8. The van der Waals surface area contributed by atoms with E-state index in [9.17, 15) is 14.7 Å². The van der Waals surface area contributed by atoms with Crippen molar-refractivity contribution in [2.75, 3.05) is 19.7 Å². The van der Waals surface area contributed by atoms with Crippen LogP contribution in [0.25, 0.3) is 11.1 Å². The fourth-order valence-corrected chi connectivity index (χ4v) is 3.12. The molecule has 0 spiro atoms. The SMILES string of the molecule is CCO[C@H](CNC(=O)c1ccc(-c2ccccc2)cc1)[C@@H](O)CNC(=O)c1ccnnc1. The summed E-state index contributed by atoms with van der Waals surface area (Å²) in [7, 11) is 0. The van der Waals surface area contributed by atoms with Gasteiger partial charge >= 0.3 is 0 Å². The number of hydrogen-bond donors (Lipinski definition) is 3. The van der Waals surface area contributed by atoms with Crippen LogP contribution in [0.5, 0.6) is 0 Å². The molecule has 0 aliphatic carbocycles. The van der Waals surface area contributed by atoms with Gasteiger partial charge in [-0.15, -0.1) is 0 Å². The molecule has 0 radical (unpaired) electrons. The largest absolute Gasteiger partial charge is 0.388 e. The maximum Gasteiger partial charge on any atom is 0.253 e. The van der Waals surface area contributed by atoms with E-state index in [2.05, 4.69) is 20.8 Å². The summed E-state index contributed by atoms with van der Waals surface area (Å²) in [4.78, 5) is 24.7. The van der Waals surface area contributed by atoms with Gasteiger partial charge in [-0.05, 0) is 36.2 Å². The molecule has 0 bridgehead atoms. The number of carbonyl (C=O) groups is 2. The number of aliphatic hydroxyl groups is 1. The third kappa shape index (κ3) is 6.44. The number of rotatable bonds is 10. The lowest BCUT2D eigenvalue weighted by Gasteiger charge is -2.23. The van der Waals surface area contributed by atoms with Gasteiger partial charge < -0.3 is 20.5 Å². The van der Waals surface area contributed by atoms with E-state index in [4.69, 9.17) is 4.74 Å². The van der Waals surface area contributed by atoms with Crippen molar-refractivity contribution >= 4 is 11.8 Å². The predicted molar refractivity (Wildman–Crippen MR) is 120 cm³/mol. The minimum absolute atomic E-state index is 0.0343. The van der Waals surface area contributed by atoms with Gasteiger partial charge in [0.2, 0.25) is 0 Å². The molecule has 32 heavy (non-hydrogen) atoms. The number of nitrogens with zero attached hydrogens (tertiary/aromatic N) is 2. The quantitative estimate of drug-likeness (QED) is 0.450. The number of benzene rings is 2. The molecule has 2 amide bonds. The second-order valence-corrected chi connectivity index (χ2v) is 7.06. The van der Waals surface area contributed by atoms with Crippen molar-refractivity contribution in [2.24, 2.45) is 0 Å². The lowest BCUT2D eigenvalue weighted by atomic mass is 10.0. The van der Waals surface area contributed by atoms with Crippen LogP contribution in [-0.2, 0) is 4.74 Å². The monoisotopic (exact) mass is 434 g/mol. The highest BCUT2D eigenvalue weighted by Crippen LogP contribution is 2.19. The number of nitrogens with one attached hydrogen (secondary N) is 2. The van der Waals surface area contributed by atoms with E-state index in [-0.39, 0.29) is 24.9 Å². The molecule has 0 saturated heterocycles. The second-order valence-electron chi connectivity index (χ2n) is 7.06. The van der Waals surface area contributed by atoms with Crippen LogP contribution in [-0.4, -0.2) is 59.0 Å². The molecule has 0 saturated carbocycles. The molecule has 0 fully saturated rings. The molecule has 0 aliphatic rings. The van der Waals surface area contributed by atoms with Gasteiger partial charge in [-0.2, -0.15) is 10.2 Å². The molecule has 0 unspecified atom stereocenters. The van der Waals surface area contributed by atoms with Gasteiger partial charge in [0.05, 0.1) is 24.1 Å². The highest BCUT2D eigenvalue weighted by atomic mass is 16.5. The molecule has 3 N–H and O–H groups in total. The lowest BCUT2D eigenvalue weighted by Crippen LogP contribution is -2.46. The predicted octanol–water partition coefficient (Wildman–Crippen LogP) is 2.07. The lowest BCUT2D eigenvalue weighted by molar-refractivity contribution is -0.0287. The topological polar surface area (TPSA) is 113 Å². The van der Waals surface area contributed by atoms with Gasteiger partial charge in [-0.3, -0.25) is 9.59 Å². The van der Waals surface area contributed by atoms with E-state index in [1.165, 1.54) is 18.5 Å². The Labute approximate surface area is 186 Å². The minimum Gasteiger partial charge on any atom is -0.388 e. The third-order valence-corrected chi connectivity index (χ3v) is 4.85. The number of aromatic nitrogens is 2. The highest BCUT2D eigenvalue weighted by Gasteiger charge is 2.21. The average Bonchev–Trinajstić information content (AvgIpc) is 2.85. The van der Waals surface area contributed by atoms with E-state index in [1.54, 1.807) is 19.1 Å². The second kappa shape index (κ2) is 11.7. The van der Waals surface area contributed by atoms with Gasteiger partial charge in [0, 0.05) is 25.3 Å². The maximum absolute atomic E-state index is 12.5. The average molecular weight is 434 g/mol. The highest BCUT2D eigenvalue weighted by molar-refractivity contribution is 5.95. The molecule has 8 nitrogen and oxygen atoms in total. The number of hydrogen-bond acceptors (Lipinski definition) is 6. The summed E-state index contributed by atoms with van der Waals surface area (Å²) in [5.74, 6) is -0.648. The molecule has 0 aliphatic heterocycles. The van der Waals surface area contributed by atoms with Crippen LogP contribution in [0.2, 0.25) is 0 Å². The minimum atomic E-state index is -1.01. The van der Waals surface area contributed by atoms with E-state index in [0.29, 0.717) is 17.7 Å². The first-order chi connectivity index (χ1) is 15.6. The van der Waals surface area contributed by atoms with E-state index in [0.717, 1.165) is 11.1 Å². The number of ether oxygens (including phenoxy) is 1. The smallest absolute Gasteiger partial charge is 0.253 e. The van der Waals surface area contributed by atoms with Crippen LogP contribution in [0.1, 0.15) is 27.6 Å². The molecule has 3 aromatic rings.